The van der Waals surface area contributed by atoms with Crippen molar-refractivity contribution in [2.24, 2.45) is 4.99 Å². The first-order valence-corrected chi connectivity index (χ1v) is 11.0. The Morgan fingerprint density at radius 3 is 2.77 bits per heavy atom. The third kappa shape index (κ3) is 4.73. The first-order valence-electron chi connectivity index (χ1n) is 11.0. The lowest BCUT2D eigenvalue weighted by Gasteiger charge is -2.22. The molecule has 5 heteroatoms. The van der Waals surface area contributed by atoms with E-state index in [4.69, 9.17) is 4.99 Å². The summed E-state index contributed by atoms with van der Waals surface area (Å²) in [5.41, 5.74) is 3.59. The van der Waals surface area contributed by atoms with Crippen LogP contribution in [0.15, 0.2) is 65.8 Å². The monoisotopic (exact) mass is 401 g/mol. The molecule has 5 nitrogen and oxygen atoms in total. The van der Waals surface area contributed by atoms with E-state index >= 15 is 0 Å². The highest BCUT2D eigenvalue weighted by Crippen LogP contribution is 2.24. The molecule has 2 heterocycles. The number of nitrogens with one attached hydrogen (secondary N) is 2. The van der Waals surface area contributed by atoms with Gasteiger partial charge in [0.2, 0.25) is 0 Å². The number of guanidine groups is 1. The van der Waals surface area contributed by atoms with Crippen LogP contribution in [-0.2, 0) is 6.54 Å². The van der Waals surface area contributed by atoms with Crippen LogP contribution in [0.5, 0.6) is 0 Å². The van der Waals surface area contributed by atoms with Gasteiger partial charge in [0.05, 0.1) is 18.3 Å². The second-order valence-corrected chi connectivity index (χ2v) is 7.83. The largest absolute Gasteiger partial charge is 0.372 e. The van der Waals surface area contributed by atoms with Crippen molar-refractivity contribution in [1.29, 1.82) is 0 Å². The van der Waals surface area contributed by atoms with Gasteiger partial charge in [0, 0.05) is 36.9 Å². The van der Waals surface area contributed by atoms with Crippen LogP contribution in [0.25, 0.3) is 10.8 Å². The Bertz CT molecular complexity index is 1000. The smallest absolute Gasteiger partial charge is 0.192 e. The highest BCUT2D eigenvalue weighted by Gasteiger charge is 2.14. The molecule has 1 fully saturated rings. The van der Waals surface area contributed by atoms with Crippen LogP contribution in [0.4, 0.5) is 5.69 Å². The lowest BCUT2D eigenvalue weighted by Crippen LogP contribution is -2.38. The van der Waals surface area contributed by atoms with Gasteiger partial charge in [-0.1, -0.05) is 36.4 Å². The summed E-state index contributed by atoms with van der Waals surface area (Å²) in [4.78, 5) is 11.9. The van der Waals surface area contributed by atoms with Crippen LogP contribution in [0.2, 0.25) is 0 Å². The molecule has 2 N–H and O–H groups in total. The molecule has 1 aromatic heterocycles. The van der Waals surface area contributed by atoms with E-state index in [1.165, 1.54) is 29.5 Å². The SMILES string of the molecule is CCNC(=NCc1nccc2ccccc12)NC(C)c1cccc(N2CCCC2)c1. The van der Waals surface area contributed by atoms with Crippen molar-refractivity contribution in [3.8, 4) is 0 Å². The van der Waals surface area contributed by atoms with E-state index in [9.17, 15) is 0 Å². The minimum Gasteiger partial charge on any atom is -0.372 e. The Kier molecular flexibility index (Phi) is 6.47. The molecule has 4 rings (SSSR count). The molecule has 3 aromatic rings. The quantitative estimate of drug-likeness (QED) is 0.466. The molecule has 0 aliphatic carbocycles. The number of pyridine rings is 1. The average molecular weight is 402 g/mol. The van der Waals surface area contributed by atoms with E-state index < -0.39 is 0 Å². The van der Waals surface area contributed by atoms with E-state index in [1.54, 1.807) is 0 Å². The van der Waals surface area contributed by atoms with Gasteiger partial charge < -0.3 is 15.5 Å². The maximum Gasteiger partial charge on any atom is 0.192 e. The van der Waals surface area contributed by atoms with E-state index in [1.807, 2.05) is 12.3 Å². The van der Waals surface area contributed by atoms with Crippen molar-refractivity contribution in [2.45, 2.75) is 39.3 Å². The predicted octanol–water partition coefficient (Wildman–Crippen LogP) is 4.65. The molecule has 1 aliphatic heterocycles. The van der Waals surface area contributed by atoms with Crippen LogP contribution < -0.4 is 15.5 Å². The van der Waals surface area contributed by atoms with Gasteiger partial charge in [0.25, 0.3) is 0 Å². The molecule has 0 spiro atoms. The third-order valence-corrected chi connectivity index (χ3v) is 5.68. The van der Waals surface area contributed by atoms with E-state index in [-0.39, 0.29) is 6.04 Å². The van der Waals surface area contributed by atoms with Crippen molar-refractivity contribution in [3.63, 3.8) is 0 Å². The summed E-state index contributed by atoms with van der Waals surface area (Å²) < 4.78 is 0. The molecule has 0 bridgehead atoms. The first-order chi connectivity index (χ1) is 14.7. The minimum atomic E-state index is 0.158. The topological polar surface area (TPSA) is 52.6 Å². The maximum atomic E-state index is 4.82. The van der Waals surface area contributed by atoms with Crippen molar-refractivity contribution < 1.29 is 0 Å². The maximum absolute atomic E-state index is 4.82. The molecular weight excluding hydrogens is 370 g/mol. The third-order valence-electron chi connectivity index (χ3n) is 5.68. The number of aromatic nitrogens is 1. The standard InChI is InChI=1S/C25H31N5/c1-3-26-25(28-18-24-23-12-5-4-9-20(23)13-14-27-24)29-19(2)21-10-8-11-22(17-21)30-15-6-7-16-30/h4-5,8-14,17,19H,3,6-7,15-16,18H2,1-2H3,(H2,26,28,29). The Morgan fingerprint density at radius 1 is 1.10 bits per heavy atom. The average Bonchev–Trinajstić information content (AvgIpc) is 3.33. The number of anilines is 1. The van der Waals surface area contributed by atoms with Crippen LogP contribution in [0.3, 0.4) is 0 Å². The Balaban J connectivity index is 1.49. The van der Waals surface area contributed by atoms with Crippen LogP contribution >= 0.6 is 0 Å². The molecule has 1 aliphatic rings. The summed E-state index contributed by atoms with van der Waals surface area (Å²) in [5, 5.41) is 9.29. The zero-order valence-electron chi connectivity index (χ0n) is 17.9. The molecule has 0 saturated carbocycles. The summed E-state index contributed by atoms with van der Waals surface area (Å²) in [6, 6.07) is 19.4. The van der Waals surface area contributed by atoms with Gasteiger partial charge in [-0.15, -0.1) is 0 Å². The Morgan fingerprint density at radius 2 is 1.93 bits per heavy atom. The van der Waals surface area contributed by atoms with Gasteiger partial charge in [-0.2, -0.15) is 0 Å². The van der Waals surface area contributed by atoms with Crippen molar-refractivity contribution in [2.75, 3.05) is 24.5 Å². The molecule has 1 saturated heterocycles. The zero-order chi connectivity index (χ0) is 20.8. The van der Waals surface area contributed by atoms with Gasteiger partial charge in [-0.05, 0) is 55.8 Å². The molecule has 30 heavy (non-hydrogen) atoms. The second kappa shape index (κ2) is 9.61. The number of fused-ring (bicyclic) bond motifs is 1. The van der Waals surface area contributed by atoms with Crippen molar-refractivity contribution in [1.82, 2.24) is 15.6 Å². The van der Waals surface area contributed by atoms with Gasteiger partial charge in [-0.25, -0.2) is 4.99 Å². The van der Waals surface area contributed by atoms with E-state index in [2.05, 4.69) is 82.9 Å². The number of nitrogens with zero attached hydrogens (tertiary/aromatic N) is 3. The summed E-state index contributed by atoms with van der Waals surface area (Å²) in [7, 11) is 0. The number of hydrogen-bond donors (Lipinski definition) is 2. The molecule has 0 amide bonds. The molecule has 1 unspecified atom stereocenters. The van der Waals surface area contributed by atoms with Gasteiger partial charge in [0.15, 0.2) is 5.96 Å². The fourth-order valence-corrected chi connectivity index (χ4v) is 4.04. The Hall–Kier alpha value is -3.08. The van der Waals surface area contributed by atoms with Crippen LogP contribution in [0.1, 0.15) is 44.0 Å². The molecular formula is C25H31N5. The molecule has 2 aromatic carbocycles. The van der Waals surface area contributed by atoms with Crippen LogP contribution in [-0.4, -0.2) is 30.6 Å². The summed E-state index contributed by atoms with van der Waals surface area (Å²) in [6.07, 6.45) is 4.44. The molecule has 156 valence electrons. The van der Waals surface area contributed by atoms with E-state index in [0.29, 0.717) is 6.54 Å². The fourth-order valence-electron chi connectivity index (χ4n) is 4.04. The molecule has 1 atom stereocenters. The number of rotatable bonds is 6. The number of benzene rings is 2. The highest BCUT2D eigenvalue weighted by atomic mass is 15.2. The Labute approximate surface area is 179 Å². The minimum absolute atomic E-state index is 0.158. The summed E-state index contributed by atoms with van der Waals surface area (Å²) in [5.74, 6) is 0.811. The highest BCUT2D eigenvalue weighted by molar-refractivity contribution is 5.85. The first kappa shape index (κ1) is 20.2. The van der Waals surface area contributed by atoms with Crippen molar-refractivity contribution in [3.05, 3.63) is 72.1 Å². The van der Waals surface area contributed by atoms with Crippen molar-refractivity contribution >= 4 is 22.4 Å². The normalized spacial score (nSPS) is 15.4. The zero-order valence-corrected chi connectivity index (χ0v) is 17.9. The fraction of sp³-hybridized carbons (Fsp3) is 0.360. The van der Waals surface area contributed by atoms with Gasteiger partial charge in [-0.3, -0.25) is 4.98 Å². The lowest BCUT2D eigenvalue weighted by atomic mass is 10.1. The van der Waals surface area contributed by atoms with Gasteiger partial charge in [0.1, 0.15) is 0 Å². The lowest BCUT2D eigenvalue weighted by molar-refractivity contribution is 0.685. The predicted molar refractivity (Wildman–Crippen MR) is 126 cm³/mol. The number of hydrogen-bond acceptors (Lipinski definition) is 3. The van der Waals surface area contributed by atoms with E-state index in [0.717, 1.165) is 36.7 Å². The van der Waals surface area contributed by atoms with Gasteiger partial charge >= 0.3 is 0 Å². The summed E-state index contributed by atoms with van der Waals surface area (Å²) in [6.45, 7) is 7.95. The second-order valence-electron chi connectivity index (χ2n) is 7.83. The van der Waals surface area contributed by atoms with Crippen LogP contribution in [0, 0.1) is 0 Å². The molecule has 0 radical (unpaired) electrons. The summed E-state index contributed by atoms with van der Waals surface area (Å²) >= 11 is 0. The number of aliphatic imine (C=N–C) groups is 1.